The summed E-state index contributed by atoms with van der Waals surface area (Å²) < 4.78 is 46.3. The van der Waals surface area contributed by atoms with E-state index in [0.717, 1.165) is 29.8 Å². The Kier molecular flexibility index (Phi) is 6.54. The first-order valence-electron chi connectivity index (χ1n) is 15.5. The van der Waals surface area contributed by atoms with E-state index in [2.05, 4.69) is 30.8 Å². The van der Waals surface area contributed by atoms with Gasteiger partial charge >= 0.3 is 0 Å². The van der Waals surface area contributed by atoms with Gasteiger partial charge in [-0.15, -0.1) is 5.10 Å². The summed E-state index contributed by atoms with van der Waals surface area (Å²) in [7, 11) is 1.80. The number of carbonyl (C=O) groups excluding carboxylic acids is 1. The van der Waals surface area contributed by atoms with Crippen LogP contribution in [0.4, 0.5) is 30.4 Å². The lowest BCUT2D eigenvalue weighted by atomic mass is 9.69. The van der Waals surface area contributed by atoms with Crippen molar-refractivity contribution in [2.24, 2.45) is 5.41 Å². The average Bonchev–Trinajstić information content (AvgIpc) is 3.53. The molecule has 2 saturated heterocycles. The first-order chi connectivity index (χ1) is 21.7. The molecule has 1 saturated carbocycles. The average molecular weight is 618 g/mol. The van der Waals surface area contributed by atoms with E-state index in [0.29, 0.717) is 73.9 Å². The van der Waals surface area contributed by atoms with Gasteiger partial charge in [-0.25, -0.2) is 22.7 Å². The molecule has 45 heavy (non-hydrogen) atoms. The van der Waals surface area contributed by atoms with Crippen LogP contribution in [0.5, 0.6) is 0 Å². The fourth-order valence-electron chi connectivity index (χ4n) is 7.08. The maximum Gasteiger partial charge on any atom is 0.271 e. The molecule has 13 heteroatoms. The number of imidazole rings is 1. The molecule has 1 spiro atoms. The third kappa shape index (κ3) is 4.71. The second kappa shape index (κ2) is 10.4. The van der Waals surface area contributed by atoms with E-state index in [9.17, 15) is 13.6 Å². The van der Waals surface area contributed by atoms with Gasteiger partial charge in [0.25, 0.3) is 11.8 Å². The van der Waals surface area contributed by atoms with Gasteiger partial charge in [0.1, 0.15) is 11.5 Å². The normalized spacial score (nSPS) is 20.3. The van der Waals surface area contributed by atoms with Gasteiger partial charge in [0.05, 0.1) is 23.8 Å². The zero-order chi connectivity index (χ0) is 30.9. The number of likely N-dealkylation sites (tertiary alicyclic amines) is 1. The van der Waals surface area contributed by atoms with Crippen LogP contribution in [0.15, 0.2) is 42.7 Å². The molecule has 4 aliphatic rings. The molecule has 8 rings (SSSR count). The number of aromatic nitrogens is 4. The van der Waals surface area contributed by atoms with Crippen molar-refractivity contribution in [2.45, 2.75) is 44.2 Å². The molecule has 1 amide bonds. The van der Waals surface area contributed by atoms with Crippen molar-refractivity contribution in [1.82, 2.24) is 35.1 Å². The topological polar surface area (TPSA) is 103 Å². The molecular weight excluding hydrogens is 583 g/mol. The van der Waals surface area contributed by atoms with Gasteiger partial charge in [-0.3, -0.25) is 14.7 Å². The summed E-state index contributed by atoms with van der Waals surface area (Å²) >= 11 is 0. The number of hydrogen-bond donors (Lipinski definition) is 3. The molecule has 3 aromatic heterocycles. The number of halogens is 3. The second-order valence-corrected chi connectivity index (χ2v) is 12.7. The minimum atomic E-state index is -2.74. The van der Waals surface area contributed by atoms with Crippen LogP contribution in [0, 0.1) is 11.2 Å². The van der Waals surface area contributed by atoms with E-state index in [-0.39, 0.29) is 24.2 Å². The Morgan fingerprint density at radius 3 is 2.76 bits per heavy atom. The zero-order valence-corrected chi connectivity index (χ0v) is 24.9. The number of amides is 1. The summed E-state index contributed by atoms with van der Waals surface area (Å²) in [5.74, 6) is -2.75. The van der Waals surface area contributed by atoms with E-state index in [1.165, 1.54) is 6.07 Å². The summed E-state index contributed by atoms with van der Waals surface area (Å²) in [6.07, 6.45) is 6.25. The maximum atomic E-state index is 15.6. The molecule has 3 fully saturated rings. The van der Waals surface area contributed by atoms with Crippen LogP contribution in [0.3, 0.4) is 0 Å². The van der Waals surface area contributed by atoms with Crippen molar-refractivity contribution < 1.29 is 18.0 Å². The number of nitrogens with one attached hydrogen (secondary N) is 3. The quantitative estimate of drug-likeness (QED) is 0.286. The summed E-state index contributed by atoms with van der Waals surface area (Å²) in [6.45, 7) is 1.91. The molecule has 0 radical (unpaired) electrons. The lowest BCUT2D eigenvalue weighted by molar-refractivity contribution is -0.205. The van der Waals surface area contributed by atoms with E-state index >= 15 is 4.39 Å². The second-order valence-electron chi connectivity index (χ2n) is 12.7. The summed E-state index contributed by atoms with van der Waals surface area (Å²) in [4.78, 5) is 25.9. The van der Waals surface area contributed by atoms with E-state index in [1.54, 1.807) is 24.0 Å². The van der Waals surface area contributed by atoms with Crippen LogP contribution in [-0.2, 0) is 13.0 Å². The molecule has 4 aromatic rings. The van der Waals surface area contributed by atoms with Crippen LogP contribution < -0.4 is 20.9 Å². The summed E-state index contributed by atoms with van der Waals surface area (Å²) in [5, 5.41) is 13.8. The van der Waals surface area contributed by atoms with Crippen LogP contribution in [-0.4, -0.2) is 82.1 Å². The van der Waals surface area contributed by atoms with Gasteiger partial charge in [-0.1, -0.05) is 12.1 Å². The lowest BCUT2D eigenvalue weighted by Crippen LogP contribution is -2.69. The zero-order valence-electron chi connectivity index (χ0n) is 24.9. The number of benzene rings is 1. The number of rotatable bonds is 7. The number of piperidine rings is 1. The van der Waals surface area contributed by atoms with Gasteiger partial charge in [-0.2, -0.15) is 0 Å². The third-order valence-corrected chi connectivity index (χ3v) is 9.69. The van der Waals surface area contributed by atoms with E-state index in [1.807, 2.05) is 29.2 Å². The van der Waals surface area contributed by atoms with Gasteiger partial charge in [0.15, 0.2) is 17.2 Å². The highest BCUT2D eigenvalue weighted by Gasteiger charge is 2.60. The van der Waals surface area contributed by atoms with Gasteiger partial charge in [0.2, 0.25) is 0 Å². The Labute approximate surface area is 258 Å². The van der Waals surface area contributed by atoms with Gasteiger partial charge in [-0.05, 0) is 55.5 Å². The number of alkyl halides is 2. The first kappa shape index (κ1) is 28.3. The van der Waals surface area contributed by atoms with Crippen LogP contribution >= 0.6 is 0 Å². The Morgan fingerprint density at radius 2 is 2.00 bits per heavy atom. The van der Waals surface area contributed by atoms with E-state index in [4.69, 9.17) is 5.10 Å². The first-order valence-corrected chi connectivity index (χ1v) is 15.5. The molecule has 0 bridgehead atoms. The van der Waals surface area contributed by atoms with E-state index < -0.39 is 17.2 Å². The number of hydrogen-bond acceptors (Lipinski definition) is 8. The molecule has 3 N–H and O–H groups in total. The van der Waals surface area contributed by atoms with Gasteiger partial charge < -0.3 is 20.9 Å². The molecule has 1 aliphatic carbocycles. The fourth-order valence-corrected chi connectivity index (χ4v) is 7.08. The number of pyridine rings is 1. The van der Waals surface area contributed by atoms with Crippen molar-refractivity contribution in [3.8, 4) is 11.3 Å². The maximum absolute atomic E-state index is 15.6. The highest BCUT2D eigenvalue weighted by molar-refractivity contribution is 5.94. The number of nitrogens with zero attached hydrogens (tertiary/aromatic N) is 6. The molecule has 234 valence electrons. The Balaban J connectivity index is 1.05. The predicted octanol–water partition coefficient (Wildman–Crippen LogP) is 3.99. The van der Waals surface area contributed by atoms with Crippen molar-refractivity contribution in [3.05, 3.63) is 65.4 Å². The van der Waals surface area contributed by atoms with Crippen molar-refractivity contribution in [1.29, 1.82) is 0 Å². The Bertz CT molecular complexity index is 1820. The SMILES string of the molecule is CNc1cc(N2CCc3c(-c4ncc(CN5CC6(CCNCC6(F)F)C5)cc4F)cccc32)nn2c(C(=O)NC3CC3)cnc12. The standard InChI is InChI=1S/C32H34F3N9O/c1-36-24-12-27(41-44-26(14-39-29(24)44)30(45)40-20-5-6-20)43-10-7-21-22(3-2-4-25(21)43)28-23(33)11-19(13-38-28)15-42-17-31(18-42)8-9-37-16-32(31,34)35/h2-4,11-14,20,36-37H,5-10,15-18H2,1H3,(H,40,45). The lowest BCUT2D eigenvalue weighted by Gasteiger charge is -2.56. The van der Waals surface area contributed by atoms with Crippen LogP contribution in [0.2, 0.25) is 0 Å². The molecule has 1 aromatic carbocycles. The Morgan fingerprint density at radius 1 is 1.16 bits per heavy atom. The molecule has 0 unspecified atom stereocenters. The Hall–Kier alpha value is -4.23. The fraction of sp³-hybridized carbons (Fsp3) is 0.438. The third-order valence-electron chi connectivity index (χ3n) is 9.69. The minimum absolute atomic E-state index is 0.205. The highest BCUT2D eigenvalue weighted by Crippen LogP contribution is 2.49. The predicted molar refractivity (Wildman–Crippen MR) is 164 cm³/mol. The van der Waals surface area contributed by atoms with Crippen LogP contribution in [0.1, 0.15) is 40.9 Å². The number of carbonyl (C=O) groups is 1. The summed E-state index contributed by atoms with van der Waals surface area (Å²) in [6, 6.07) is 9.31. The smallest absolute Gasteiger partial charge is 0.271 e. The number of anilines is 3. The van der Waals surface area contributed by atoms with Crippen molar-refractivity contribution in [2.75, 3.05) is 50.0 Å². The molecule has 0 atom stereocenters. The van der Waals surface area contributed by atoms with Gasteiger partial charge in [0, 0.05) is 62.8 Å². The van der Waals surface area contributed by atoms with Crippen LogP contribution in [0.25, 0.3) is 16.9 Å². The molecule has 3 aliphatic heterocycles. The monoisotopic (exact) mass is 617 g/mol. The molecule has 10 nitrogen and oxygen atoms in total. The van der Waals surface area contributed by atoms with Crippen molar-refractivity contribution >= 4 is 28.7 Å². The number of fused-ring (bicyclic) bond motifs is 2. The minimum Gasteiger partial charge on any atom is -0.385 e. The van der Waals surface area contributed by atoms with Crippen molar-refractivity contribution in [3.63, 3.8) is 0 Å². The molecule has 6 heterocycles. The highest BCUT2D eigenvalue weighted by atomic mass is 19.3. The summed E-state index contributed by atoms with van der Waals surface area (Å²) in [5.41, 5.74) is 4.15. The largest absolute Gasteiger partial charge is 0.385 e. The molecular formula is C32H34F3N9O.